The van der Waals surface area contributed by atoms with Crippen LogP contribution in [0.5, 0.6) is 0 Å². The lowest BCUT2D eigenvalue weighted by Crippen LogP contribution is -2.22. The van der Waals surface area contributed by atoms with Gasteiger partial charge in [-0.3, -0.25) is 4.79 Å². The Hall–Kier alpha value is -0.610. The van der Waals surface area contributed by atoms with Crippen LogP contribution in [0.4, 0.5) is 0 Å². The summed E-state index contributed by atoms with van der Waals surface area (Å²) in [6.07, 6.45) is -1.61. The van der Waals surface area contributed by atoms with Crippen LogP contribution in [0, 0.1) is 0 Å². The number of carbonyl (C=O) groups is 1. The lowest BCUT2D eigenvalue weighted by molar-refractivity contribution is -0.139. The van der Waals surface area contributed by atoms with E-state index in [1.54, 1.807) is 0 Å². The minimum atomic E-state index is -1.22. The molecule has 0 amide bonds. The molecule has 0 heterocycles. The van der Waals surface area contributed by atoms with Gasteiger partial charge in [-0.15, -0.1) is 0 Å². The van der Waals surface area contributed by atoms with E-state index in [4.69, 9.17) is 10.2 Å². The number of aliphatic carboxylic acids is 1. The van der Waals surface area contributed by atoms with Crippen LogP contribution in [0.3, 0.4) is 0 Å². The third-order valence-corrected chi connectivity index (χ3v) is 0.384. The number of nitrogens with two attached hydrogens (primary N) is 1. The summed E-state index contributed by atoms with van der Waals surface area (Å²) in [5, 5.41) is 16.0. The van der Waals surface area contributed by atoms with E-state index in [0.29, 0.717) is 0 Å². The van der Waals surface area contributed by atoms with Crippen LogP contribution >= 0.6 is 0 Å². The van der Waals surface area contributed by atoms with Gasteiger partial charge in [-0.25, -0.2) is 0 Å². The minimum absolute atomic E-state index is 0.389. The lowest BCUT2D eigenvalue weighted by Gasteiger charge is -1.94. The van der Waals surface area contributed by atoms with E-state index < -0.39 is 12.2 Å². The molecule has 0 aliphatic heterocycles. The van der Waals surface area contributed by atoms with Crippen LogP contribution in [0.2, 0.25) is 0 Å². The van der Waals surface area contributed by atoms with E-state index in [9.17, 15) is 4.79 Å². The molecule has 0 bridgehead atoms. The molecule has 0 rings (SSSR count). The predicted octanol–water partition coefficient (Wildman–Crippen LogP) is -1.26. The Labute approximate surface area is 40.6 Å². The number of hydrogen-bond acceptors (Lipinski definition) is 3. The first-order valence-electron chi connectivity index (χ1n) is 1.78. The standard InChI is InChI=1S/C3H7NO3/c4-2(5)1-3(6)7/h2,5H,1,4H2,(H,6,7). The van der Waals surface area contributed by atoms with Gasteiger partial charge in [0.05, 0.1) is 6.42 Å². The third kappa shape index (κ3) is 5.39. The Morgan fingerprint density at radius 3 is 2.29 bits per heavy atom. The zero-order chi connectivity index (χ0) is 5.86. The molecule has 42 valence electrons. The number of carboxylic acids is 1. The van der Waals surface area contributed by atoms with Gasteiger partial charge < -0.3 is 15.9 Å². The molecule has 0 aromatic heterocycles. The van der Waals surface area contributed by atoms with Gasteiger partial charge in [-0.2, -0.15) is 0 Å². The van der Waals surface area contributed by atoms with Crippen molar-refractivity contribution in [3.05, 3.63) is 0 Å². The maximum absolute atomic E-state index is 9.57. The molecule has 4 N–H and O–H groups in total. The maximum atomic E-state index is 9.57. The molecule has 0 fully saturated rings. The zero-order valence-electron chi connectivity index (χ0n) is 3.66. The topological polar surface area (TPSA) is 83.5 Å². The van der Waals surface area contributed by atoms with Gasteiger partial charge in [0.25, 0.3) is 0 Å². The zero-order valence-corrected chi connectivity index (χ0v) is 3.66. The summed E-state index contributed by atoms with van der Waals surface area (Å²) < 4.78 is 0. The number of rotatable bonds is 2. The summed E-state index contributed by atoms with van der Waals surface area (Å²) in [5.41, 5.74) is 4.67. The quantitative estimate of drug-likeness (QED) is 0.383. The summed E-state index contributed by atoms with van der Waals surface area (Å²) in [5.74, 6) is -1.09. The van der Waals surface area contributed by atoms with Crippen molar-refractivity contribution < 1.29 is 15.0 Å². The van der Waals surface area contributed by atoms with Crippen LogP contribution in [0.15, 0.2) is 0 Å². The van der Waals surface area contributed by atoms with Gasteiger partial charge in [-0.05, 0) is 0 Å². The van der Waals surface area contributed by atoms with E-state index in [0.717, 1.165) is 0 Å². The van der Waals surface area contributed by atoms with Gasteiger partial charge in [0, 0.05) is 0 Å². The Morgan fingerprint density at radius 2 is 2.29 bits per heavy atom. The van der Waals surface area contributed by atoms with Crippen LogP contribution in [-0.2, 0) is 4.79 Å². The summed E-state index contributed by atoms with van der Waals surface area (Å²) in [6, 6.07) is 0. The second-order valence-electron chi connectivity index (χ2n) is 1.17. The third-order valence-electron chi connectivity index (χ3n) is 0.384. The van der Waals surface area contributed by atoms with Crippen molar-refractivity contribution in [2.24, 2.45) is 5.73 Å². The average molecular weight is 105 g/mol. The first-order chi connectivity index (χ1) is 3.13. The van der Waals surface area contributed by atoms with Crippen molar-refractivity contribution in [1.82, 2.24) is 0 Å². The Kier molecular flexibility index (Phi) is 2.32. The van der Waals surface area contributed by atoms with Gasteiger partial charge in [0.15, 0.2) is 0 Å². The fourth-order valence-electron chi connectivity index (χ4n) is 0.179. The van der Waals surface area contributed by atoms with Gasteiger partial charge in [0.1, 0.15) is 6.23 Å². The highest BCUT2D eigenvalue weighted by molar-refractivity contribution is 5.67. The van der Waals surface area contributed by atoms with Gasteiger partial charge >= 0.3 is 5.97 Å². The van der Waals surface area contributed by atoms with Crippen LogP contribution < -0.4 is 5.73 Å². The van der Waals surface area contributed by atoms with Crippen molar-refractivity contribution in [3.63, 3.8) is 0 Å². The van der Waals surface area contributed by atoms with Crippen molar-refractivity contribution >= 4 is 5.97 Å². The van der Waals surface area contributed by atoms with E-state index in [1.807, 2.05) is 0 Å². The molecule has 1 atom stereocenters. The molecule has 1 unspecified atom stereocenters. The van der Waals surface area contributed by atoms with Gasteiger partial charge in [0.2, 0.25) is 0 Å². The Balaban J connectivity index is 3.13. The fraction of sp³-hybridized carbons (Fsp3) is 0.667. The first-order valence-corrected chi connectivity index (χ1v) is 1.78. The predicted molar refractivity (Wildman–Crippen MR) is 22.4 cm³/mol. The van der Waals surface area contributed by atoms with Crippen LogP contribution in [-0.4, -0.2) is 22.4 Å². The molecule has 0 spiro atoms. The molecule has 0 saturated carbocycles. The van der Waals surface area contributed by atoms with Crippen LogP contribution in [0.1, 0.15) is 6.42 Å². The Morgan fingerprint density at radius 1 is 1.86 bits per heavy atom. The molecular formula is C3H7NO3. The summed E-state index contributed by atoms with van der Waals surface area (Å²) in [7, 11) is 0. The van der Waals surface area contributed by atoms with Crippen LogP contribution in [0.25, 0.3) is 0 Å². The average Bonchev–Trinajstić information content (AvgIpc) is 1.27. The van der Waals surface area contributed by atoms with E-state index >= 15 is 0 Å². The molecule has 4 heteroatoms. The van der Waals surface area contributed by atoms with Crippen molar-refractivity contribution in [2.75, 3.05) is 0 Å². The number of carboxylic acid groups (broad SMARTS) is 1. The molecule has 0 aliphatic carbocycles. The number of hydrogen-bond donors (Lipinski definition) is 3. The smallest absolute Gasteiger partial charge is 0.307 e. The minimum Gasteiger partial charge on any atom is -0.481 e. The largest absolute Gasteiger partial charge is 0.481 e. The lowest BCUT2D eigenvalue weighted by atomic mass is 10.4. The fourth-order valence-corrected chi connectivity index (χ4v) is 0.179. The summed E-state index contributed by atoms with van der Waals surface area (Å²) in [6.45, 7) is 0. The van der Waals surface area contributed by atoms with E-state index in [2.05, 4.69) is 5.73 Å². The second kappa shape index (κ2) is 2.54. The molecule has 0 saturated heterocycles. The molecule has 0 aromatic rings. The summed E-state index contributed by atoms with van der Waals surface area (Å²) in [4.78, 5) is 9.57. The van der Waals surface area contributed by atoms with Gasteiger partial charge in [-0.1, -0.05) is 0 Å². The molecule has 7 heavy (non-hydrogen) atoms. The molecule has 0 radical (unpaired) electrons. The van der Waals surface area contributed by atoms with Crippen molar-refractivity contribution in [1.29, 1.82) is 0 Å². The highest BCUT2D eigenvalue weighted by Crippen LogP contribution is 1.78. The van der Waals surface area contributed by atoms with E-state index in [-0.39, 0.29) is 6.42 Å². The van der Waals surface area contributed by atoms with Crippen molar-refractivity contribution in [2.45, 2.75) is 12.6 Å². The first kappa shape index (κ1) is 6.39. The van der Waals surface area contributed by atoms with Crippen molar-refractivity contribution in [3.8, 4) is 0 Å². The number of aliphatic hydroxyl groups excluding tert-OH is 1. The normalized spacial score (nSPS) is 13.4. The second-order valence-corrected chi connectivity index (χ2v) is 1.17. The molecule has 4 nitrogen and oxygen atoms in total. The monoisotopic (exact) mass is 105 g/mol. The van der Waals surface area contributed by atoms with E-state index in [1.165, 1.54) is 0 Å². The highest BCUT2D eigenvalue weighted by Gasteiger charge is 2.00. The number of aliphatic hydroxyl groups is 1. The summed E-state index contributed by atoms with van der Waals surface area (Å²) >= 11 is 0. The highest BCUT2D eigenvalue weighted by atomic mass is 16.4. The molecular weight excluding hydrogens is 98.0 g/mol. The molecule has 0 aromatic carbocycles. The Bertz CT molecular complexity index is 70.6. The molecule has 0 aliphatic rings. The SMILES string of the molecule is NC(O)CC(=O)O. The maximum Gasteiger partial charge on any atom is 0.307 e.